The number of carboxylic acids is 1. The van der Waals surface area contributed by atoms with Gasteiger partial charge in [-0.05, 0) is 69.3 Å². The molecule has 4 rings (SSSR count). The predicted molar refractivity (Wildman–Crippen MR) is 148 cm³/mol. The Morgan fingerprint density at radius 3 is 2.43 bits per heavy atom. The molecule has 2 aromatic heterocycles. The van der Waals surface area contributed by atoms with Gasteiger partial charge in [-0.25, -0.2) is 9.78 Å². The van der Waals surface area contributed by atoms with Crippen molar-refractivity contribution in [2.24, 2.45) is 5.10 Å². The van der Waals surface area contributed by atoms with Crippen LogP contribution in [0, 0.1) is 13.8 Å². The molecule has 0 radical (unpaired) electrons. The molecular formula is C28H29BrN4O4. The second-order valence-corrected chi connectivity index (χ2v) is 10.9. The Bertz CT molecular complexity index is 1580. The van der Waals surface area contributed by atoms with E-state index in [1.165, 1.54) is 11.6 Å². The van der Waals surface area contributed by atoms with Crippen molar-refractivity contribution in [3.63, 3.8) is 0 Å². The lowest BCUT2D eigenvalue weighted by Crippen LogP contribution is -2.29. The lowest BCUT2D eigenvalue weighted by atomic mass is 9.95. The number of carboxylic acid groups (broad SMARTS) is 1. The second kappa shape index (κ2) is 9.97. The van der Waals surface area contributed by atoms with Crippen LogP contribution in [0.15, 0.2) is 62.9 Å². The van der Waals surface area contributed by atoms with E-state index >= 15 is 0 Å². The molecule has 2 aromatic carbocycles. The molecule has 0 bridgehead atoms. The fraction of sp³-hybridized carbons (Fsp3) is 0.286. The molecule has 0 spiro atoms. The van der Waals surface area contributed by atoms with Crippen LogP contribution < -0.4 is 10.3 Å². The molecule has 0 saturated heterocycles. The number of fused-ring (bicyclic) bond motifs is 1. The standard InChI is InChI=1S/C28H29BrN4O4/c1-16-13-19(17(2)32(16)21-8-10-22(11-9-21)37-18(3)26(35)36)15-30-33-25(34)23-14-20(29)7-12-24(23)31-27(33)28(4,5)6/h7-15,18H,1-6H3,(H,35,36)/t18-/m1/s1. The Kier molecular flexibility index (Phi) is 7.10. The Morgan fingerprint density at radius 1 is 1.14 bits per heavy atom. The van der Waals surface area contributed by atoms with Crippen LogP contribution in [0.5, 0.6) is 5.75 Å². The van der Waals surface area contributed by atoms with Crippen molar-refractivity contribution in [3.8, 4) is 11.4 Å². The summed E-state index contributed by atoms with van der Waals surface area (Å²) in [6.07, 6.45) is 0.753. The number of hydrogen-bond acceptors (Lipinski definition) is 5. The van der Waals surface area contributed by atoms with E-state index in [4.69, 9.17) is 14.8 Å². The molecule has 0 aliphatic heterocycles. The number of hydrogen-bond donors (Lipinski definition) is 1. The smallest absolute Gasteiger partial charge is 0.344 e. The lowest BCUT2D eigenvalue weighted by molar-refractivity contribution is -0.144. The van der Waals surface area contributed by atoms with Crippen molar-refractivity contribution in [1.29, 1.82) is 0 Å². The molecular weight excluding hydrogens is 536 g/mol. The number of ether oxygens (including phenoxy) is 1. The number of nitrogens with zero attached hydrogens (tertiary/aromatic N) is 4. The maximum Gasteiger partial charge on any atom is 0.344 e. The van der Waals surface area contributed by atoms with Crippen molar-refractivity contribution >= 4 is 39.0 Å². The van der Waals surface area contributed by atoms with E-state index in [1.807, 2.05) is 65.0 Å². The van der Waals surface area contributed by atoms with Crippen molar-refractivity contribution in [3.05, 3.63) is 86.1 Å². The molecule has 0 saturated carbocycles. The highest BCUT2D eigenvalue weighted by atomic mass is 79.9. The SMILES string of the molecule is Cc1cc(C=Nn2c(C(C)(C)C)nc3ccc(Br)cc3c2=O)c(C)n1-c1ccc(O[C@H](C)C(=O)O)cc1. The number of carbonyl (C=O) groups is 1. The zero-order chi connectivity index (χ0) is 27.1. The van der Waals surface area contributed by atoms with Gasteiger partial charge >= 0.3 is 5.97 Å². The van der Waals surface area contributed by atoms with Gasteiger partial charge in [0.25, 0.3) is 5.56 Å². The van der Waals surface area contributed by atoms with Gasteiger partial charge in [-0.3, -0.25) is 4.79 Å². The largest absolute Gasteiger partial charge is 0.479 e. The van der Waals surface area contributed by atoms with Crippen LogP contribution in [0.4, 0.5) is 0 Å². The highest BCUT2D eigenvalue weighted by molar-refractivity contribution is 9.10. The summed E-state index contributed by atoms with van der Waals surface area (Å²) in [6, 6.07) is 14.7. The summed E-state index contributed by atoms with van der Waals surface area (Å²) in [6.45, 7) is 11.5. The first-order valence-corrected chi connectivity index (χ1v) is 12.6. The lowest BCUT2D eigenvalue weighted by Gasteiger charge is -2.20. The summed E-state index contributed by atoms with van der Waals surface area (Å²) in [4.78, 5) is 29.3. The van der Waals surface area contributed by atoms with E-state index in [9.17, 15) is 9.59 Å². The van der Waals surface area contributed by atoms with Crippen molar-refractivity contribution in [2.75, 3.05) is 0 Å². The number of aromatic nitrogens is 3. The molecule has 0 unspecified atom stereocenters. The molecule has 192 valence electrons. The zero-order valence-corrected chi connectivity index (χ0v) is 23.2. The highest BCUT2D eigenvalue weighted by Crippen LogP contribution is 2.25. The van der Waals surface area contributed by atoms with Crippen LogP contribution >= 0.6 is 15.9 Å². The molecule has 2 heterocycles. The van der Waals surface area contributed by atoms with Crippen LogP contribution in [0.1, 0.15) is 50.5 Å². The van der Waals surface area contributed by atoms with Crippen LogP contribution in [0.25, 0.3) is 16.6 Å². The third kappa shape index (κ3) is 5.36. The molecule has 0 aliphatic carbocycles. The van der Waals surface area contributed by atoms with Crippen molar-refractivity contribution in [1.82, 2.24) is 14.2 Å². The fourth-order valence-corrected chi connectivity index (χ4v) is 4.47. The molecule has 0 fully saturated rings. The van der Waals surface area contributed by atoms with E-state index in [0.29, 0.717) is 22.5 Å². The van der Waals surface area contributed by atoms with E-state index in [0.717, 1.165) is 27.1 Å². The summed E-state index contributed by atoms with van der Waals surface area (Å²) in [7, 11) is 0. The molecule has 0 amide bonds. The minimum Gasteiger partial charge on any atom is -0.479 e. The quantitative estimate of drug-likeness (QED) is 0.307. The average molecular weight is 565 g/mol. The van der Waals surface area contributed by atoms with E-state index in [-0.39, 0.29) is 5.56 Å². The topological polar surface area (TPSA) is 98.7 Å². The minimum absolute atomic E-state index is 0.229. The third-order valence-electron chi connectivity index (χ3n) is 6.02. The zero-order valence-electron chi connectivity index (χ0n) is 21.6. The van der Waals surface area contributed by atoms with Crippen LogP contribution in [-0.4, -0.2) is 37.6 Å². The van der Waals surface area contributed by atoms with Gasteiger partial charge in [0.05, 0.1) is 17.1 Å². The van der Waals surface area contributed by atoms with Gasteiger partial charge in [-0.2, -0.15) is 9.78 Å². The molecule has 37 heavy (non-hydrogen) atoms. The summed E-state index contributed by atoms with van der Waals surface area (Å²) in [5.41, 5.74) is 3.68. The van der Waals surface area contributed by atoms with Crippen molar-refractivity contribution in [2.45, 2.75) is 53.1 Å². The summed E-state index contributed by atoms with van der Waals surface area (Å²) >= 11 is 3.44. The van der Waals surface area contributed by atoms with E-state index in [1.54, 1.807) is 24.4 Å². The Morgan fingerprint density at radius 2 is 1.81 bits per heavy atom. The van der Waals surface area contributed by atoms with Gasteiger partial charge in [0, 0.05) is 32.5 Å². The highest BCUT2D eigenvalue weighted by Gasteiger charge is 2.23. The van der Waals surface area contributed by atoms with Crippen LogP contribution in [-0.2, 0) is 10.2 Å². The average Bonchev–Trinajstić information content (AvgIpc) is 3.11. The minimum atomic E-state index is -1.02. The fourth-order valence-electron chi connectivity index (χ4n) is 4.11. The molecule has 1 atom stereocenters. The van der Waals surface area contributed by atoms with Gasteiger partial charge in [0.1, 0.15) is 11.6 Å². The van der Waals surface area contributed by atoms with Gasteiger partial charge < -0.3 is 14.4 Å². The monoisotopic (exact) mass is 564 g/mol. The number of halogens is 1. The number of benzene rings is 2. The first-order valence-electron chi connectivity index (χ1n) is 11.8. The summed E-state index contributed by atoms with van der Waals surface area (Å²) in [5, 5.41) is 14.2. The summed E-state index contributed by atoms with van der Waals surface area (Å²) in [5.74, 6) is 0.0315. The summed E-state index contributed by atoms with van der Waals surface area (Å²) < 4.78 is 9.69. The van der Waals surface area contributed by atoms with E-state index in [2.05, 4.69) is 25.6 Å². The Hall–Kier alpha value is -3.72. The van der Waals surface area contributed by atoms with Gasteiger partial charge in [0.2, 0.25) is 0 Å². The van der Waals surface area contributed by atoms with Gasteiger partial charge in [0.15, 0.2) is 6.10 Å². The Labute approximate surface area is 223 Å². The van der Waals surface area contributed by atoms with E-state index < -0.39 is 17.5 Å². The number of aryl methyl sites for hydroxylation is 1. The second-order valence-electron chi connectivity index (χ2n) is 9.96. The number of rotatable bonds is 6. The van der Waals surface area contributed by atoms with Gasteiger partial charge in [-0.15, -0.1) is 0 Å². The van der Waals surface area contributed by atoms with Crippen LogP contribution in [0.2, 0.25) is 0 Å². The molecule has 0 aliphatic rings. The third-order valence-corrected chi connectivity index (χ3v) is 6.51. The first-order chi connectivity index (χ1) is 17.4. The first kappa shape index (κ1) is 26.3. The Balaban J connectivity index is 1.73. The van der Waals surface area contributed by atoms with Gasteiger partial charge in [-0.1, -0.05) is 36.7 Å². The molecule has 8 nitrogen and oxygen atoms in total. The van der Waals surface area contributed by atoms with Crippen LogP contribution in [0.3, 0.4) is 0 Å². The maximum atomic E-state index is 13.4. The molecule has 9 heteroatoms. The normalized spacial score (nSPS) is 12.8. The molecule has 1 N–H and O–H groups in total. The number of aliphatic carboxylic acids is 1. The molecule has 4 aromatic rings. The van der Waals surface area contributed by atoms with Crippen molar-refractivity contribution < 1.29 is 14.6 Å². The maximum absolute atomic E-state index is 13.4. The predicted octanol–water partition coefficient (Wildman–Crippen LogP) is 5.60.